The van der Waals surface area contributed by atoms with E-state index < -0.39 is 10.8 Å². The summed E-state index contributed by atoms with van der Waals surface area (Å²) < 4.78 is 17.2. The number of nitrogens with one attached hydrogen (secondary N) is 1. The first-order valence-corrected chi connectivity index (χ1v) is 7.69. The van der Waals surface area contributed by atoms with E-state index >= 15 is 0 Å². The van der Waals surface area contributed by atoms with Crippen molar-refractivity contribution in [3.8, 4) is 18.1 Å². The summed E-state index contributed by atoms with van der Waals surface area (Å²) in [6.45, 7) is 0. The fraction of sp³-hybridized carbons (Fsp3) is 0.125. The third kappa shape index (κ3) is 3.93. The third-order valence-corrected chi connectivity index (χ3v) is 4.05. The second-order valence-corrected chi connectivity index (χ2v) is 5.70. The van der Waals surface area contributed by atoms with Crippen molar-refractivity contribution in [2.75, 3.05) is 12.9 Å². The first-order chi connectivity index (χ1) is 10.6. The molecule has 1 unspecified atom stereocenters. The van der Waals surface area contributed by atoms with Gasteiger partial charge in [0.1, 0.15) is 5.75 Å². The number of aromatic amines is 1. The molecule has 6 heteroatoms. The van der Waals surface area contributed by atoms with Gasteiger partial charge in [0.05, 0.1) is 34.3 Å². The molecule has 0 amide bonds. The average Bonchev–Trinajstić information content (AvgIpc) is 2.54. The minimum Gasteiger partial charge on any atom is -0.495 e. The Bertz CT molecular complexity index is 798. The van der Waals surface area contributed by atoms with Crippen LogP contribution in [0.2, 0.25) is 0 Å². The summed E-state index contributed by atoms with van der Waals surface area (Å²) in [5, 5.41) is 6.24. The number of methoxy groups -OCH3 is 1. The summed E-state index contributed by atoms with van der Waals surface area (Å²) in [5.74, 6) is 3.04. The Morgan fingerprint density at radius 2 is 2.18 bits per heavy atom. The summed E-state index contributed by atoms with van der Waals surface area (Å²) in [6.07, 6.45) is 8.75. The standard InChI is InChI=1S/C16H14N2O3S/c1-3-10-22(20)15-8-5-12(11-14(15)21-2)4-6-13-7-9-16(19)18-17-13/h1,4-9,11H,10H2,2H3,(H,18,19). The average molecular weight is 314 g/mol. The Morgan fingerprint density at radius 3 is 2.82 bits per heavy atom. The number of hydrogen-bond donors (Lipinski definition) is 1. The van der Waals surface area contributed by atoms with E-state index in [0.717, 1.165) is 5.56 Å². The van der Waals surface area contributed by atoms with Crippen LogP contribution in [-0.4, -0.2) is 27.3 Å². The lowest BCUT2D eigenvalue weighted by atomic mass is 10.2. The molecule has 1 N–H and O–H groups in total. The number of benzene rings is 1. The molecule has 0 bridgehead atoms. The van der Waals surface area contributed by atoms with Crippen LogP contribution in [0, 0.1) is 12.3 Å². The van der Waals surface area contributed by atoms with Crippen LogP contribution in [0.25, 0.3) is 12.2 Å². The molecule has 1 atom stereocenters. The van der Waals surface area contributed by atoms with Gasteiger partial charge in [0.25, 0.3) is 5.56 Å². The van der Waals surface area contributed by atoms with Crippen molar-refractivity contribution in [3.05, 3.63) is 51.9 Å². The van der Waals surface area contributed by atoms with Crippen molar-refractivity contribution < 1.29 is 8.95 Å². The van der Waals surface area contributed by atoms with Gasteiger partial charge in [0, 0.05) is 6.07 Å². The molecule has 2 rings (SSSR count). The minimum atomic E-state index is -1.28. The molecule has 0 saturated heterocycles. The highest BCUT2D eigenvalue weighted by molar-refractivity contribution is 7.85. The van der Waals surface area contributed by atoms with Gasteiger partial charge in [-0.3, -0.25) is 9.00 Å². The second-order valence-electron chi connectivity index (χ2n) is 4.28. The molecule has 0 aliphatic heterocycles. The fourth-order valence-electron chi connectivity index (χ4n) is 1.76. The summed E-state index contributed by atoms with van der Waals surface area (Å²) in [4.78, 5) is 11.5. The van der Waals surface area contributed by atoms with E-state index in [-0.39, 0.29) is 11.3 Å². The smallest absolute Gasteiger partial charge is 0.264 e. The van der Waals surface area contributed by atoms with Crippen LogP contribution in [0.5, 0.6) is 5.75 Å². The highest BCUT2D eigenvalue weighted by Gasteiger charge is 2.09. The largest absolute Gasteiger partial charge is 0.495 e. The topological polar surface area (TPSA) is 72.0 Å². The van der Waals surface area contributed by atoms with Crippen molar-refractivity contribution >= 4 is 23.0 Å². The molecule has 0 aliphatic rings. The first-order valence-electron chi connectivity index (χ1n) is 6.37. The van der Waals surface area contributed by atoms with Crippen molar-refractivity contribution in [2.24, 2.45) is 0 Å². The first kappa shape index (κ1) is 15.7. The maximum absolute atomic E-state index is 12.0. The Hall–Kier alpha value is -2.65. The Labute approximate surface area is 130 Å². The predicted molar refractivity (Wildman–Crippen MR) is 86.9 cm³/mol. The molecule has 5 nitrogen and oxygen atoms in total. The second kappa shape index (κ2) is 7.38. The van der Waals surface area contributed by atoms with Gasteiger partial charge in [-0.25, -0.2) is 5.10 Å². The maximum atomic E-state index is 12.0. The van der Waals surface area contributed by atoms with E-state index in [2.05, 4.69) is 16.1 Å². The lowest BCUT2D eigenvalue weighted by Gasteiger charge is -2.07. The molecule has 1 aromatic heterocycles. The Kier molecular flexibility index (Phi) is 5.28. The highest BCUT2D eigenvalue weighted by Crippen LogP contribution is 2.24. The molecule has 0 fully saturated rings. The van der Waals surface area contributed by atoms with Gasteiger partial charge in [-0.1, -0.05) is 18.1 Å². The van der Waals surface area contributed by atoms with Gasteiger partial charge in [-0.2, -0.15) is 5.10 Å². The summed E-state index contributed by atoms with van der Waals surface area (Å²) >= 11 is 0. The van der Waals surface area contributed by atoms with Gasteiger partial charge in [-0.05, 0) is 29.8 Å². The molecule has 0 spiro atoms. The Morgan fingerprint density at radius 1 is 1.36 bits per heavy atom. The molecule has 112 valence electrons. The lowest BCUT2D eigenvalue weighted by Crippen LogP contribution is -2.05. The van der Waals surface area contributed by atoms with Crippen molar-refractivity contribution in [1.29, 1.82) is 0 Å². The molecular weight excluding hydrogens is 300 g/mol. The third-order valence-electron chi connectivity index (χ3n) is 2.79. The molecular formula is C16H14N2O3S. The summed E-state index contributed by atoms with van der Waals surface area (Å²) in [7, 11) is 0.234. The quantitative estimate of drug-likeness (QED) is 0.853. The molecule has 1 aromatic carbocycles. The molecule has 2 aromatic rings. The van der Waals surface area contributed by atoms with E-state index in [1.54, 1.807) is 24.3 Å². The zero-order chi connectivity index (χ0) is 15.9. The zero-order valence-corrected chi connectivity index (χ0v) is 12.7. The summed E-state index contributed by atoms with van der Waals surface area (Å²) in [6, 6.07) is 8.33. The van der Waals surface area contributed by atoms with Crippen LogP contribution in [0.4, 0.5) is 0 Å². The maximum Gasteiger partial charge on any atom is 0.264 e. The van der Waals surface area contributed by atoms with Crippen LogP contribution in [0.3, 0.4) is 0 Å². The van der Waals surface area contributed by atoms with Crippen LogP contribution in [0.1, 0.15) is 11.3 Å². The number of rotatable bonds is 5. The Balaban J connectivity index is 2.26. The van der Waals surface area contributed by atoms with Gasteiger partial charge >= 0.3 is 0 Å². The highest BCUT2D eigenvalue weighted by atomic mass is 32.2. The SMILES string of the molecule is C#CCS(=O)c1ccc(C=Cc2ccc(=O)[nH]n2)cc1OC. The molecule has 22 heavy (non-hydrogen) atoms. The monoisotopic (exact) mass is 314 g/mol. The number of nitrogens with zero attached hydrogens (tertiary/aromatic N) is 1. The van der Waals surface area contributed by atoms with Crippen molar-refractivity contribution in [3.63, 3.8) is 0 Å². The lowest BCUT2D eigenvalue weighted by molar-refractivity contribution is 0.404. The van der Waals surface area contributed by atoms with Crippen LogP contribution in [-0.2, 0) is 10.8 Å². The minimum absolute atomic E-state index is 0.146. The predicted octanol–water partition coefficient (Wildman–Crippen LogP) is 1.69. The van der Waals surface area contributed by atoms with Gasteiger partial charge in [-0.15, -0.1) is 6.42 Å². The number of aromatic nitrogens is 2. The van der Waals surface area contributed by atoms with E-state index in [0.29, 0.717) is 16.3 Å². The molecule has 0 aliphatic carbocycles. The molecule has 0 radical (unpaired) electrons. The van der Waals surface area contributed by atoms with E-state index in [1.165, 1.54) is 13.2 Å². The van der Waals surface area contributed by atoms with Gasteiger partial charge in [0.2, 0.25) is 0 Å². The molecule has 0 saturated carbocycles. The number of terminal acetylenes is 1. The van der Waals surface area contributed by atoms with Crippen LogP contribution >= 0.6 is 0 Å². The normalized spacial score (nSPS) is 12.0. The van der Waals surface area contributed by atoms with E-state index in [4.69, 9.17) is 11.2 Å². The number of H-pyrrole nitrogens is 1. The fourth-order valence-corrected chi connectivity index (χ4v) is 2.65. The van der Waals surface area contributed by atoms with E-state index in [1.807, 2.05) is 12.1 Å². The summed E-state index contributed by atoms with van der Waals surface area (Å²) in [5.41, 5.74) is 1.23. The zero-order valence-electron chi connectivity index (χ0n) is 11.9. The number of ether oxygens (including phenoxy) is 1. The van der Waals surface area contributed by atoms with Gasteiger partial charge in [0.15, 0.2) is 0 Å². The number of hydrogen-bond acceptors (Lipinski definition) is 4. The van der Waals surface area contributed by atoms with E-state index in [9.17, 15) is 9.00 Å². The van der Waals surface area contributed by atoms with Gasteiger partial charge < -0.3 is 4.74 Å². The van der Waals surface area contributed by atoms with Crippen molar-refractivity contribution in [2.45, 2.75) is 4.90 Å². The van der Waals surface area contributed by atoms with Crippen LogP contribution < -0.4 is 10.3 Å². The molecule has 1 heterocycles. The van der Waals surface area contributed by atoms with Crippen molar-refractivity contribution in [1.82, 2.24) is 10.2 Å². The van der Waals surface area contributed by atoms with Crippen LogP contribution in [0.15, 0.2) is 40.0 Å².